The van der Waals surface area contributed by atoms with Crippen molar-refractivity contribution in [1.29, 1.82) is 0 Å². The van der Waals surface area contributed by atoms with Gasteiger partial charge in [0.05, 0.1) is 0 Å². The highest BCUT2D eigenvalue weighted by atomic mass is 35.5. The van der Waals surface area contributed by atoms with E-state index in [1.807, 2.05) is 66.7 Å². The van der Waals surface area contributed by atoms with Crippen molar-refractivity contribution in [3.8, 4) is 0 Å². The van der Waals surface area contributed by atoms with Crippen LogP contribution in [0.1, 0.15) is 0 Å². The molecule has 0 aromatic heterocycles. The lowest BCUT2D eigenvalue weighted by Gasteiger charge is -1.80. The second kappa shape index (κ2) is 6.27. The lowest BCUT2D eigenvalue weighted by Crippen LogP contribution is -1.55. The molecule has 2 aromatic rings. The molecule has 1 heteroatoms. The molecule has 0 N–H and O–H groups in total. The summed E-state index contributed by atoms with van der Waals surface area (Å²) in [6, 6.07) is 21.4. The van der Waals surface area contributed by atoms with Crippen LogP contribution in [0.25, 0.3) is 0 Å². The van der Waals surface area contributed by atoms with Crippen LogP contribution in [0.2, 0.25) is 5.02 Å². The second-order valence-electron chi connectivity index (χ2n) is 2.45. The van der Waals surface area contributed by atoms with Gasteiger partial charge in [0, 0.05) is 5.02 Å². The fraction of sp³-hybridized carbons (Fsp3) is 0. The summed E-state index contributed by atoms with van der Waals surface area (Å²) in [5, 5.41) is 0.794. The summed E-state index contributed by atoms with van der Waals surface area (Å²) in [5.74, 6) is 0. The molecule has 0 fully saturated rings. The van der Waals surface area contributed by atoms with Crippen molar-refractivity contribution in [2.24, 2.45) is 0 Å². The van der Waals surface area contributed by atoms with Crippen LogP contribution in [0, 0.1) is 0 Å². The topological polar surface area (TPSA) is 0 Å². The normalized spacial score (nSPS) is 8.38. The Bertz CT molecular complexity index is 276. The molecule has 0 saturated heterocycles. The van der Waals surface area contributed by atoms with Gasteiger partial charge in [-0.25, -0.2) is 0 Å². The third-order valence-corrected chi connectivity index (χ3v) is 1.65. The Morgan fingerprint density at radius 3 is 1.08 bits per heavy atom. The Morgan fingerprint density at radius 2 is 0.846 bits per heavy atom. The van der Waals surface area contributed by atoms with Crippen LogP contribution < -0.4 is 0 Å². The van der Waals surface area contributed by atoms with Gasteiger partial charge in [-0.15, -0.1) is 0 Å². The highest BCUT2D eigenvalue weighted by Gasteiger charge is 1.74. The monoisotopic (exact) mass is 190 g/mol. The molecule has 0 aliphatic heterocycles. The summed E-state index contributed by atoms with van der Waals surface area (Å²) >= 11 is 5.54. The third kappa shape index (κ3) is 5.05. The molecule has 0 atom stereocenters. The van der Waals surface area contributed by atoms with Crippen LogP contribution >= 0.6 is 11.6 Å². The molecule has 66 valence electrons. The van der Waals surface area contributed by atoms with Crippen molar-refractivity contribution >= 4 is 11.6 Å². The van der Waals surface area contributed by atoms with Gasteiger partial charge in [-0.1, -0.05) is 66.2 Å². The number of halogens is 1. The molecule has 0 aliphatic carbocycles. The molecule has 2 aromatic carbocycles. The van der Waals surface area contributed by atoms with Crippen molar-refractivity contribution in [1.82, 2.24) is 0 Å². The van der Waals surface area contributed by atoms with E-state index < -0.39 is 0 Å². The summed E-state index contributed by atoms with van der Waals surface area (Å²) < 4.78 is 0. The van der Waals surface area contributed by atoms with Crippen LogP contribution in [0.4, 0.5) is 0 Å². The SMILES string of the molecule is Clc1ccccc1.c1ccccc1. The smallest absolute Gasteiger partial charge is 0.0405 e. The van der Waals surface area contributed by atoms with Crippen molar-refractivity contribution in [3.63, 3.8) is 0 Å². The van der Waals surface area contributed by atoms with Crippen LogP contribution in [-0.2, 0) is 0 Å². The molecule has 2 rings (SSSR count). The maximum absolute atomic E-state index is 5.54. The molecule has 0 amide bonds. The predicted octanol–water partition coefficient (Wildman–Crippen LogP) is 4.03. The predicted molar refractivity (Wildman–Crippen MR) is 57.9 cm³/mol. The third-order valence-electron chi connectivity index (χ3n) is 1.40. The van der Waals surface area contributed by atoms with Gasteiger partial charge in [0.2, 0.25) is 0 Å². The molecule has 0 nitrogen and oxygen atoms in total. The Labute approximate surface area is 83.8 Å². The van der Waals surface area contributed by atoms with Gasteiger partial charge in [0.15, 0.2) is 0 Å². The fourth-order valence-corrected chi connectivity index (χ4v) is 0.945. The lowest BCUT2D eigenvalue weighted by atomic mass is 10.4. The van der Waals surface area contributed by atoms with Crippen LogP contribution in [0.5, 0.6) is 0 Å². The number of rotatable bonds is 0. The van der Waals surface area contributed by atoms with Crippen molar-refractivity contribution in [3.05, 3.63) is 71.8 Å². The van der Waals surface area contributed by atoms with E-state index >= 15 is 0 Å². The van der Waals surface area contributed by atoms with Gasteiger partial charge in [0.25, 0.3) is 0 Å². The van der Waals surface area contributed by atoms with Crippen LogP contribution in [0.15, 0.2) is 66.7 Å². The van der Waals surface area contributed by atoms with Crippen LogP contribution in [-0.4, -0.2) is 0 Å². The summed E-state index contributed by atoms with van der Waals surface area (Å²) in [7, 11) is 0. The average Bonchev–Trinajstić information content (AvgIpc) is 2.22. The van der Waals surface area contributed by atoms with Gasteiger partial charge in [0.1, 0.15) is 0 Å². The van der Waals surface area contributed by atoms with Crippen molar-refractivity contribution in [2.75, 3.05) is 0 Å². The Morgan fingerprint density at radius 1 is 0.538 bits per heavy atom. The van der Waals surface area contributed by atoms with Gasteiger partial charge >= 0.3 is 0 Å². The molecular weight excluding hydrogens is 180 g/mol. The zero-order chi connectivity index (χ0) is 9.36. The summed E-state index contributed by atoms with van der Waals surface area (Å²) in [6.45, 7) is 0. The Kier molecular flexibility index (Phi) is 4.73. The number of benzene rings is 2. The number of hydrogen-bond acceptors (Lipinski definition) is 0. The van der Waals surface area contributed by atoms with Crippen LogP contribution in [0.3, 0.4) is 0 Å². The largest absolute Gasteiger partial charge is 0.0843 e. The van der Waals surface area contributed by atoms with E-state index in [0.29, 0.717) is 0 Å². The molecule has 0 aliphatic rings. The first-order chi connectivity index (χ1) is 6.39. The van der Waals surface area contributed by atoms with E-state index in [9.17, 15) is 0 Å². The zero-order valence-electron chi connectivity index (χ0n) is 7.23. The van der Waals surface area contributed by atoms with E-state index in [1.165, 1.54) is 0 Å². The average molecular weight is 191 g/mol. The molecule has 0 bridgehead atoms. The van der Waals surface area contributed by atoms with Crippen molar-refractivity contribution in [2.45, 2.75) is 0 Å². The molecule has 0 spiro atoms. The maximum atomic E-state index is 5.54. The molecule has 0 heterocycles. The lowest BCUT2D eigenvalue weighted by molar-refractivity contribution is 1.71. The summed E-state index contributed by atoms with van der Waals surface area (Å²) in [4.78, 5) is 0. The fourth-order valence-electron chi connectivity index (χ4n) is 0.800. The minimum atomic E-state index is 0.794. The van der Waals surface area contributed by atoms with Gasteiger partial charge in [-0.2, -0.15) is 0 Å². The molecule has 0 radical (unpaired) electrons. The Hall–Kier alpha value is -1.27. The molecule has 0 saturated carbocycles. The molecule has 0 unspecified atom stereocenters. The standard InChI is InChI=1S/C6H5Cl.C6H6/c7-6-4-2-1-3-5-6;1-2-4-6-5-3-1/h1-5H;1-6H. The number of hydrogen-bond donors (Lipinski definition) is 0. The first kappa shape index (κ1) is 9.82. The Balaban J connectivity index is 0.000000132. The van der Waals surface area contributed by atoms with Gasteiger partial charge in [-0.05, 0) is 12.1 Å². The van der Waals surface area contributed by atoms with E-state index in [4.69, 9.17) is 11.6 Å². The minimum absolute atomic E-state index is 0.794. The van der Waals surface area contributed by atoms with E-state index in [0.717, 1.165) is 5.02 Å². The quantitative estimate of drug-likeness (QED) is 0.589. The first-order valence-electron chi connectivity index (χ1n) is 4.10. The van der Waals surface area contributed by atoms with Gasteiger partial charge < -0.3 is 0 Å². The zero-order valence-corrected chi connectivity index (χ0v) is 7.98. The highest BCUT2D eigenvalue weighted by Crippen LogP contribution is 2.03. The molecular formula is C12H11Cl. The second-order valence-corrected chi connectivity index (χ2v) is 2.89. The van der Waals surface area contributed by atoms with Gasteiger partial charge in [-0.3, -0.25) is 0 Å². The van der Waals surface area contributed by atoms with E-state index in [2.05, 4.69) is 0 Å². The van der Waals surface area contributed by atoms with E-state index in [-0.39, 0.29) is 0 Å². The molecule has 13 heavy (non-hydrogen) atoms. The summed E-state index contributed by atoms with van der Waals surface area (Å²) in [5.41, 5.74) is 0. The summed E-state index contributed by atoms with van der Waals surface area (Å²) in [6.07, 6.45) is 0. The van der Waals surface area contributed by atoms with E-state index in [1.54, 1.807) is 0 Å². The highest BCUT2D eigenvalue weighted by molar-refractivity contribution is 6.30. The minimum Gasteiger partial charge on any atom is -0.0843 e. The first-order valence-corrected chi connectivity index (χ1v) is 4.48. The van der Waals surface area contributed by atoms with Crippen molar-refractivity contribution < 1.29 is 0 Å². The maximum Gasteiger partial charge on any atom is 0.0405 e.